The third-order valence-corrected chi connectivity index (χ3v) is 10.3. The quantitative estimate of drug-likeness (QED) is 0.485. The van der Waals surface area contributed by atoms with Gasteiger partial charge in [0.25, 0.3) is 0 Å². The number of likely N-dealkylation sites (tertiary alicyclic amines) is 1. The maximum atomic E-state index is 14.3. The molecule has 0 radical (unpaired) electrons. The predicted molar refractivity (Wildman–Crippen MR) is 149 cm³/mol. The molecule has 222 valence electrons. The van der Waals surface area contributed by atoms with Gasteiger partial charge in [-0.1, -0.05) is 32.6 Å². The molecule has 6 rings (SSSR count). The van der Waals surface area contributed by atoms with Crippen LogP contribution < -0.4 is 16.5 Å². The van der Waals surface area contributed by atoms with Crippen molar-refractivity contribution in [3.8, 4) is 0 Å². The normalized spacial score (nSPS) is 30.1. The molecule has 0 aromatic carbocycles. The molecule has 2 N–H and O–H groups in total. The van der Waals surface area contributed by atoms with Crippen LogP contribution in [0.1, 0.15) is 88.3 Å². The molecule has 3 unspecified atom stereocenters. The maximum absolute atomic E-state index is 14.3. The van der Waals surface area contributed by atoms with E-state index in [1.165, 1.54) is 42.3 Å². The minimum absolute atomic E-state index is 0.0252. The van der Waals surface area contributed by atoms with Gasteiger partial charge in [-0.25, -0.2) is 15.6 Å². The van der Waals surface area contributed by atoms with Crippen molar-refractivity contribution in [2.75, 3.05) is 26.8 Å². The van der Waals surface area contributed by atoms with Crippen LogP contribution in [0.3, 0.4) is 0 Å². The van der Waals surface area contributed by atoms with E-state index in [1.807, 2.05) is 0 Å². The number of fused-ring (bicyclic) bond motifs is 1. The van der Waals surface area contributed by atoms with Crippen LogP contribution in [0.25, 0.3) is 5.52 Å². The fourth-order valence-corrected chi connectivity index (χ4v) is 7.98. The number of aromatic nitrogens is 2. The zero-order valence-corrected chi connectivity index (χ0v) is 23.9. The summed E-state index contributed by atoms with van der Waals surface area (Å²) in [4.78, 5) is 18.3. The molecule has 7 nitrogen and oxygen atoms in total. The highest BCUT2D eigenvalue weighted by molar-refractivity contribution is 5.56. The molecule has 0 bridgehead atoms. The van der Waals surface area contributed by atoms with Crippen LogP contribution in [0, 0.1) is 23.7 Å². The summed E-state index contributed by atoms with van der Waals surface area (Å²) in [5, 5.41) is 0. The van der Waals surface area contributed by atoms with Gasteiger partial charge in [0.15, 0.2) is 0 Å². The molecule has 0 amide bonds. The molecule has 2 saturated heterocycles. The SMILES string of the molecule is C[C@H]1CCCN(Cc2cc(C(F)(F)F)c3cn(C4CCCC([C@@H](CC5CCC5)C5NNCN5C)C4)c(=O)n3c2)C1. The predicted octanol–water partition coefficient (Wildman–Crippen LogP) is 5.21. The van der Waals surface area contributed by atoms with Crippen LogP contribution in [-0.4, -0.2) is 51.7 Å². The van der Waals surface area contributed by atoms with Crippen LogP contribution in [0.2, 0.25) is 0 Å². The number of nitrogens with zero attached hydrogens (tertiary/aromatic N) is 4. The van der Waals surface area contributed by atoms with E-state index in [1.54, 1.807) is 10.8 Å². The second-order valence-electron chi connectivity index (χ2n) is 13.3. The molecule has 2 aromatic rings. The maximum Gasteiger partial charge on any atom is 0.418 e. The molecule has 4 fully saturated rings. The van der Waals surface area contributed by atoms with E-state index in [0.29, 0.717) is 29.9 Å². The Hall–Kier alpha value is -1.88. The smallest absolute Gasteiger partial charge is 0.299 e. The van der Waals surface area contributed by atoms with Crippen LogP contribution >= 0.6 is 0 Å². The summed E-state index contributed by atoms with van der Waals surface area (Å²) in [6, 6.07) is 1.19. The van der Waals surface area contributed by atoms with Gasteiger partial charge in [-0.2, -0.15) is 13.2 Å². The van der Waals surface area contributed by atoms with Crippen LogP contribution in [0.4, 0.5) is 13.2 Å². The number of imidazole rings is 1. The van der Waals surface area contributed by atoms with Gasteiger partial charge < -0.3 is 0 Å². The second-order valence-corrected chi connectivity index (χ2v) is 13.3. The molecule has 5 atom stereocenters. The monoisotopic (exact) mass is 562 g/mol. The summed E-state index contributed by atoms with van der Waals surface area (Å²) < 4.78 is 45.8. The Morgan fingerprint density at radius 3 is 2.55 bits per heavy atom. The van der Waals surface area contributed by atoms with E-state index in [9.17, 15) is 18.0 Å². The second kappa shape index (κ2) is 11.4. The zero-order chi connectivity index (χ0) is 28.0. The molecule has 4 aliphatic rings. The van der Waals surface area contributed by atoms with E-state index in [0.717, 1.165) is 64.2 Å². The summed E-state index contributed by atoms with van der Waals surface area (Å²) in [5.74, 6) is 2.17. The Balaban J connectivity index is 1.29. The molecule has 2 aliphatic heterocycles. The minimum Gasteiger partial charge on any atom is -0.299 e. The number of nitrogens with one attached hydrogen (secondary N) is 2. The highest BCUT2D eigenvalue weighted by Crippen LogP contribution is 2.44. The third-order valence-electron chi connectivity index (χ3n) is 10.3. The van der Waals surface area contributed by atoms with Crippen LogP contribution in [0.5, 0.6) is 0 Å². The Bertz CT molecular complexity index is 1240. The number of piperidine rings is 1. The van der Waals surface area contributed by atoms with Crippen molar-refractivity contribution in [3.05, 3.63) is 40.1 Å². The summed E-state index contributed by atoms with van der Waals surface area (Å²) in [7, 11) is 2.14. The van der Waals surface area contributed by atoms with Crippen LogP contribution in [0.15, 0.2) is 23.3 Å². The number of rotatable bonds is 7. The summed E-state index contributed by atoms with van der Waals surface area (Å²) >= 11 is 0. The first-order valence-corrected chi connectivity index (χ1v) is 15.4. The number of alkyl halides is 3. The lowest BCUT2D eigenvalue weighted by Crippen LogP contribution is -2.47. The van der Waals surface area contributed by atoms with Crippen molar-refractivity contribution in [3.63, 3.8) is 0 Å². The number of pyridine rings is 1. The van der Waals surface area contributed by atoms with Gasteiger partial charge in [-0.05, 0) is 87.4 Å². The highest BCUT2D eigenvalue weighted by atomic mass is 19.4. The highest BCUT2D eigenvalue weighted by Gasteiger charge is 2.40. The molecule has 4 heterocycles. The fourth-order valence-electron chi connectivity index (χ4n) is 7.98. The molecule has 10 heteroatoms. The molecule has 2 saturated carbocycles. The lowest BCUT2D eigenvalue weighted by molar-refractivity contribution is -0.136. The van der Waals surface area contributed by atoms with Crippen molar-refractivity contribution in [2.24, 2.45) is 23.7 Å². The summed E-state index contributed by atoms with van der Waals surface area (Å²) in [6.07, 6.45) is 9.90. The van der Waals surface area contributed by atoms with Crippen molar-refractivity contribution in [1.82, 2.24) is 29.6 Å². The summed E-state index contributed by atoms with van der Waals surface area (Å²) in [6.45, 7) is 5.18. The molecule has 40 heavy (non-hydrogen) atoms. The van der Waals surface area contributed by atoms with E-state index in [-0.39, 0.29) is 23.4 Å². The minimum atomic E-state index is -4.52. The van der Waals surface area contributed by atoms with Crippen molar-refractivity contribution in [2.45, 2.75) is 96.1 Å². The van der Waals surface area contributed by atoms with Gasteiger partial charge in [-0.3, -0.25) is 18.8 Å². The number of hydrazine groups is 1. The summed E-state index contributed by atoms with van der Waals surface area (Å²) in [5.41, 5.74) is 6.26. The van der Waals surface area contributed by atoms with Crippen molar-refractivity contribution >= 4 is 5.52 Å². The van der Waals surface area contributed by atoms with E-state index in [2.05, 4.69) is 34.6 Å². The van der Waals surface area contributed by atoms with Crippen LogP contribution in [-0.2, 0) is 12.7 Å². The van der Waals surface area contributed by atoms with Gasteiger partial charge in [0.05, 0.1) is 23.9 Å². The molecular weight excluding hydrogens is 517 g/mol. The van der Waals surface area contributed by atoms with Crippen molar-refractivity contribution < 1.29 is 13.2 Å². The molecule has 0 spiro atoms. The fraction of sp³-hybridized carbons (Fsp3) is 0.767. The van der Waals surface area contributed by atoms with Crippen molar-refractivity contribution in [1.29, 1.82) is 0 Å². The third kappa shape index (κ3) is 5.74. The van der Waals surface area contributed by atoms with Gasteiger partial charge in [0, 0.05) is 31.5 Å². The average molecular weight is 563 g/mol. The van der Waals surface area contributed by atoms with E-state index in [4.69, 9.17) is 0 Å². The Morgan fingerprint density at radius 2 is 1.88 bits per heavy atom. The molecular formula is C30H45F3N6O. The Labute approximate surface area is 235 Å². The molecule has 2 aliphatic carbocycles. The van der Waals surface area contributed by atoms with E-state index >= 15 is 0 Å². The first-order valence-electron chi connectivity index (χ1n) is 15.4. The van der Waals surface area contributed by atoms with Gasteiger partial charge in [0.2, 0.25) is 0 Å². The Morgan fingerprint density at radius 1 is 1.07 bits per heavy atom. The van der Waals surface area contributed by atoms with Gasteiger partial charge in [-0.15, -0.1) is 0 Å². The topological polar surface area (TPSA) is 57.0 Å². The lowest BCUT2D eigenvalue weighted by atomic mass is 9.69. The first-order chi connectivity index (χ1) is 19.2. The number of halogens is 3. The lowest BCUT2D eigenvalue weighted by Gasteiger charge is -2.42. The molecule has 2 aromatic heterocycles. The number of hydrogen-bond acceptors (Lipinski definition) is 5. The Kier molecular flexibility index (Phi) is 8.07. The first kappa shape index (κ1) is 28.2. The van der Waals surface area contributed by atoms with Gasteiger partial charge in [0.1, 0.15) is 0 Å². The van der Waals surface area contributed by atoms with Gasteiger partial charge >= 0.3 is 11.9 Å². The van der Waals surface area contributed by atoms with E-state index < -0.39 is 11.7 Å². The number of hydrogen-bond donors (Lipinski definition) is 2. The average Bonchev–Trinajstić information content (AvgIpc) is 3.45. The standard InChI is InChI=1S/C30H45F3N6O/c1-20-6-5-11-37(15-20)16-22-13-26(30(31,32)33)27-18-38(29(40)39(27)17-22)24-10-4-9-23(14-24)25(12-21-7-3-8-21)28-35-34-19-36(28)2/h13,17-18,20-21,23-25,28,34-35H,3-12,14-16,19H2,1-2H3/t20-,23?,24?,25+,28?/m0/s1. The zero-order valence-electron chi connectivity index (χ0n) is 23.9. The largest absolute Gasteiger partial charge is 0.418 e.